The molecule has 0 aliphatic rings. The van der Waals surface area contributed by atoms with Gasteiger partial charge in [0.2, 0.25) is 0 Å². The summed E-state index contributed by atoms with van der Waals surface area (Å²) < 4.78 is 0. The van der Waals surface area contributed by atoms with Gasteiger partial charge in [0.05, 0.1) is 0 Å². The van der Waals surface area contributed by atoms with Crippen LogP contribution in [0.2, 0.25) is 0 Å². The van der Waals surface area contributed by atoms with Crippen LogP contribution in [0.3, 0.4) is 0 Å². The van der Waals surface area contributed by atoms with Crippen LogP contribution < -0.4 is 0 Å². The molecule has 0 heterocycles. The molecule has 0 spiro atoms. The standard InChI is InChI=1S/C11H16/c1-4-7-8-9-10-11(5-2)6-3/h5,7,10H,4,6H2,1-3H3. The van der Waals surface area contributed by atoms with Gasteiger partial charge in [-0.25, -0.2) is 0 Å². The Morgan fingerprint density at radius 3 is 2.45 bits per heavy atom. The van der Waals surface area contributed by atoms with Gasteiger partial charge >= 0.3 is 0 Å². The lowest BCUT2D eigenvalue weighted by Gasteiger charge is -1.88. The van der Waals surface area contributed by atoms with Gasteiger partial charge in [-0.3, -0.25) is 0 Å². The molecule has 0 fully saturated rings. The highest BCUT2D eigenvalue weighted by atomic mass is 13.8. The van der Waals surface area contributed by atoms with Crippen LogP contribution in [-0.2, 0) is 0 Å². The summed E-state index contributed by atoms with van der Waals surface area (Å²) in [5, 5.41) is 0. The van der Waals surface area contributed by atoms with Crippen LogP contribution >= 0.6 is 0 Å². The average molecular weight is 148 g/mol. The Labute approximate surface area is 69.6 Å². The summed E-state index contributed by atoms with van der Waals surface area (Å²) >= 11 is 0. The number of allylic oxidation sites excluding steroid dienone is 4. The van der Waals surface area contributed by atoms with Crippen LogP contribution in [0.25, 0.3) is 0 Å². The zero-order valence-corrected chi connectivity index (χ0v) is 7.65. The molecule has 0 rings (SSSR count). The van der Waals surface area contributed by atoms with Crippen LogP contribution in [0, 0.1) is 0 Å². The van der Waals surface area contributed by atoms with Crippen LogP contribution in [0.4, 0.5) is 0 Å². The van der Waals surface area contributed by atoms with Crippen molar-refractivity contribution >= 4 is 0 Å². The fourth-order valence-electron chi connectivity index (χ4n) is 0.685. The molecule has 0 aromatic rings. The van der Waals surface area contributed by atoms with Gasteiger partial charge in [-0.2, -0.15) is 0 Å². The van der Waals surface area contributed by atoms with Crippen LogP contribution in [0.5, 0.6) is 0 Å². The molecule has 0 amide bonds. The van der Waals surface area contributed by atoms with Crippen molar-refractivity contribution in [2.75, 3.05) is 0 Å². The molecule has 0 aliphatic heterocycles. The molecule has 0 heteroatoms. The maximum absolute atomic E-state index is 2.99. The summed E-state index contributed by atoms with van der Waals surface area (Å²) in [6.45, 7) is 6.27. The smallest absolute Gasteiger partial charge is 0.00867 e. The second kappa shape index (κ2) is 7.15. The number of rotatable bonds is 3. The maximum Gasteiger partial charge on any atom is -0.00867 e. The van der Waals surface area contributed by atoms with E-state index < -0.39 is 0 Å². The van der Waals surface area contributed by atoms with Gasteiger partial charge in [-0.1, -0.05) is 31.4 Å². The molecule has 0 saturated heterocycles. The Balaban J connectivity index is 4.21. The zero-order chi connectivity index (χ0) is 8.53. The molecule has 0 bridgehead atoms. The Bertz CT molecular complexity index is 206. The quantitative estimate of drug-likeness (QED) is 0.423. The second-order valence-electron chi connectivity index (χ2n) is 2.26. The maximum atomic E-state index is 2.99. The van der Waals surface area contributed by atoms with Gasteiger partial charge < -0.3 is 0 Å². The van der Waals surface area contributed by atoms with Gasteiger partial charge in [0.15, 0.2) is 0 Å². The minimum absolute atomic E-state index is 1.03. The third kappa shape index (κ3) is 5.48. The van der Waals surface area contributed by atoms with E-state index in [9.17, 15) is 0 Å². The van der Waals surface area contributed by atoms with Crippen molar-refractivity contribution in [1.82, 2.24) is 0 Å². The summed E-state index contributed by atoms with van der Waals surface area (Å²) in [6, 6.07) is 0. The summed E-state index contributed by atoms with van der Waals surface area (Å²) in [5.41, 5.74) is 7.26. The minimum Gasteiger partial charge on any atom is -0.0838 e. The Morgan fingerprint density at radius 1 is 1.27 bits per heavy atom. The van der Waals surface area contributed by atoms with E-state index in [0.717, 1.165) is 12.8 Å². The van der Waals surface area contributed by atoms with E-state index in [0.29, 0.717) is 0 Å². The lowest BCUT2D eigenvalue weighted by molar-refractivity contribution is 1.14. The lowest BCUT2D eigenvalue weighted by atomic mass is 10.2. The first-order valence-corrected chi connectivity index (χ1v) is 4.16. The fraction of sp³-hybridized carbons (Fsp3) is 0.455. The molecule has 0 aromatic heterocycles. The number of hydrogen-bond acceptors (Lipinski definition) is 0. The highest BCUT2D eigenvalue weighted by molar-refractivity contribution is 5.16. The Morgan fingerprint density at radius 2 is 2.00 bits per heavy atom. The molecular formula is C11H16. The first-order valence-electron chi connectivity index (χ1n) is 4.16. The molecular weight excluding hydrogens is 132 g/mol. The molecule has 0 aliphatic carbocycles. The summed E-state index contributed by atoms with van der Waals surface area (Å²) in [6.07, 6.45) is 8.14. The largest absolute Gasteiger partial charge is 0.0838 e. The van der Waals surface area contributed by atoms with E-state index >= 15 is 0 Å². The van der Waals surface area contributed by atoms with Crippen LogP contribution in [-0.4, -0.2) is 0 Å². The first kappa shape index (κ1) is 10.0. The van der Waals surface area contributed by atoms with Crippen molar-refractivity contribution in [3.63, 3.8) is 0 Å². The number of hydrogen-bond donors (Lipinski definition) is 0. The van der Waals surface area contributed by atoms with Crippen molar-refractivity contribution in [2.24, 2.45) is 0 Å². The van der Waals surface area contributed by atoms with Gasteiger partial charge in [0.25, 0.3) is 0 Å². The van der Waals surface area contributed by atoms with E-state index in [1.165, 1.54) is 5.57 Å². The zero-order valence-electron chi connectivity index (χ0n) is 7.65. The monoisotopic (exact) mass is 148 g/mol. The van der Waals surface area contributed by atoms with Crippen molar-refractivity contribution in [3.05, 3.63) is 35.3 Å². The van der Waals surface area contributed by atoms with E-state index in [1.54, 1.807) is 0 Å². The van der Waals surface area contributed by atoms with Crippen LogP contribution in [0.1, 0.15) is 33.6 Å². The highest BCUT2D eigenvalue weighted by Crippen LogP contribution is 1.99. The molecule has 0 atom stereocenters. The van der Waals surface area contributed by atoms with Crippen molar-refractivity contribution in [3.8, 4) is 0 Å². The Kier molecular flexibility index (Phi) is 6.53. The van der Waals surface area contributed by atoms with Crippen LogP contribution in [0.15, 0.2) is 35.3 Å². The van der Waals surface area contributed by atoms with Crippen molar-refractivity contribution < 1.29 is 0 Å². The normalized spacial score (nSPS) is 9.91. The molecule has 60 valence electrons. The SMILES string of the molecule is CC=C(C=C=C=CCC)CC. The van der Waals surface area contributed by atoms with Crippen molar-refractivity contribution in [2.45, 2.75) is 33.6 Å². The molecule has 0 aromatic carbocycles. The summed E-state index contributed by atoms with van der Waals surface area (Å²) in [5.74, 6) is 0. The summed E-state index contributed by atoms with van der Waals surface area (Å²) in [7, 11) is 0. The average Bonchev–Trinajstić information content (AvgIpc) is 2.05. The van der Waals surface area contributed by atoms with E-state index in [1.807, 2.05) is 19.1 Å². The topological polar surface area (TPSA) is 0 Å². The second-order valence-corrected chi connectivity index (χ2v) is 2.26. The van der Waals surface area contributed by atoms with Gasteiger partial charge in [0.1, 0.15) is 0 Å². The summed E-state index contributed by atoms with van der Waals surface area (Å²) in [4.78, 5) is 0. The fourth-order valence-corrected chi connectivity index (χ4v) is 0.685. The van der Waals surface area contributed by atoms with Crippen molar-refractivity contribution in [1.29, 1.82) is 0 Å². The van der Waals surface area contributed by atoms with Gasteiger partial charge in [0, 0.05) is 0 Å². The molecule has 11 heavy (non-hydrogen) atoms. The molecule has 0 saturated carbocycles. The van der Waals surface area contributed by atoms with E-state index in [-0.39, 0.29) is 0 Å². The molecule has 0 radical (unpaired) electrons. The van der Waals surface area contributed by atoms with Gasteiger partial charge in [-0.15, -0.1) is 0 Å². The Hall–Kier alpha value is -0.960. The van der Waals surface area contributed by atoms with Gasteiger partial charge in [-0.05, 0) is 37.5 Å². The van der Waals surface area contributed by atoms with E-state index in [4.69, 9.17) is 0 Å². The minimum atomic E-state index is 1.03. The lowest BCUT2D eigenvalue weighted by Crippen LogP contribution is -1.68. The molecule has 0 unspecified atom stereocenters. The molecule has 0 nitrogen and oxygen atoms in total. The predicted octanol–water partition coefficient (Wildman–Crippen LogP) is 3.62. The highest BCUT2D eigenvalue weighted by Gasteiger charge is 1.80. The molecule has 0 N–H and O–H groups in total. The third-order valence-corrected chi connectivity index (χ3v) is 1.43. The van der Waals surface area contributed by atoms with E-state index in [2.05, 4.69) is 31.4 Å². The third-order valence-electron chi connectivity index (χ3n) is 1.43. The predicted molar refractivity (Wildman–Crippen MR) is 50.5 cm³/mol. The first-order chi connectivity index (χ1) is 5.35.